The Morgan fingerprint density at radius 3 is 2.36 bits per heavy atom. The summed E-state index contributed by atoms with van der Waals surface area (Å²) in [6.45, 7) is -0.344. The summed E-state index contributed by atoms with van der Waals surface area (Å²) in [6.07, 6.45) is 1.33. The summed E-state index contributed by atoms with van der Waals surface area (Å²) in [7, 11) is 0. The van der Waals surface area contributed by atoms with E-state index in [9.17, 15) is 18.8 Å². The second-order valence-electron chi connectivity index (χ2n) is 4.17. The normalized spacial score (nSPS) is 9.86. The Morgan fingerprint density at radius 1 is 1.00 bits per heavy atom. The lowest BCUT2D eigenvalue weighted by atomic mass is 10.2. The molecule has 0 bridgehead atoms. The summed E-state index contributed by atoms with van der Waals surface area (Å²) in [5.74, 6) is -2.18. The molecule has 0 unspecified atom stereocenters. The summed E-state index contributed by atoms with van der Waals surface area (Å²) in [4.78, 5) is 34.6. The molecule has 0 atom stereocenters. The predicted molar refractivity (Wildman–Crippen MR) is 73.1 cm³/mol. The Hall–Kier alpha value is -3.16. The van der Waals surface area contributed by atoms with Crippen molar-refractivity contribution in [3.05, 3.63) is 59.8 Å². The third kappa shape index (κ3) is 4.17. The van der Waals surface area contributed by atoms with Crippen molar-refractivity contribution in [1.29, 1.82) is 0 Å². The predicted octanol–water partition coefficient (Wildman–Crippen LogP) is 0.610. The van der Waals surface area contributed by atoms with Gasteiger partial charge in [0.25, 0.3) is 17.7 Å². The topological polar surface area (TPSA) is 100 Å². The highest BCUT2D eigenvalue weighted by molar-refractivity contribution is 5.96. The van der Waals surface area contributed by atoms with Gasteiger partial charge >= 0.3 is 0 Å². The van der Waals surface area contributed by atoms with Gasteiger partial charge in [0, 0.05) is 5.56 Å². The Morgan fingerprint density at radius 2 is 1.73 bits per heavy atom. The van der Waals surface area contributed by atoms with Crippen LogP contribution in [-0.4, -0.2) is 24.3 Å². The molecule has 22 heavy (non-hydrogen) atoms. The van der Waals surface area contributed by atoms with Gasteiger partial charge in [-0.25, -0.2) is 4.39 Å². The molecule has 8 heteroatoms. The van der Waals surface area contributed by atoms with Crippen molar-refractivity contribution < 1.29 is 23.2 Å². The molecule has 3 N–H and O–H groups in total. The number of rotatable bonds is 4. The van der Waals surface area contributed by atoms with Gasteiger partial charge in [-0.15, -0.1) is 0 Å². The van der Waals surface area contributed by atoms with E-state index in [0.29, 0.717) is 0 Å². The first kappa shape index (κ1) is 15.2. The van der Waals surface area contributed by atoms with Gasteiger partial charge in [0.05, 0.1) is 12.8 Å². The van der Waals surface area contributed by atoms with Crippen LogP contribution in [0.4, 0.5) is 4.39 Å². The molecular weight excluding hydrogens is 293 g/mol. The third-order valence-corrected chi connectivity index (χ3v) is 2.58. The van der Waals surface area contributed by atoms with E-state index in [1.807, 2.05) is 0 Å². The number of hydrazine groups is 1. The van der Waals surface area contributed by atoms with Crippen molar-refractivity contribution in [2.24, 2.45) is 0 Å². The van der Waals surface area contributed by atoms with Gasteiger partial charge in [0.1, 0.15) is 5.82 Å². The first-order valence-electron chi connectivity index (χ1n) is 6.22. The maximum absolute atomic E-state index is 12.7. The molecule has 7 nitrogen and oxygen atoms in total. The van der Waals surface area contributed by atoms with E-state index in [0.717, 1.165) is 12.1 Å². The Kier molecular flexibility index (Phi) is 4.86. The monoisotopic (exact) mass is 305 g/mol. The molecular formula is C14H12FN3O4. The number of halogens is 1. The fourth-order valence-corrected chi connectivity index (χ4v) is 1.50. The zero-order chi connectivity index (χ0) is 15.9. The highest BCUT2D eigenvalue weighted by Gasteiger charge is 2.11. The average molecular weight is 305 g/mol. The molecule has 0 radical (unpaired) electrons. The molecule has 1 aromatic heterocycles. The number of amides is 3. The van der Waals surface area contributed by atoms with Crippen LogP contribution in [0.15, 0.2) is 47.1 Å². The van der Waals surface area contributed by atoms with Gasteiger partial charge in [0.15, 0.2) is 5.76 Å². The Labute approximate surface area is 124 Å². The highest BCUT2D eigenvalue weighted by Crippen LogP contribution is 2.01. The third-order valence-electron chi connectivity index (χ3n) is 2.58. The summed E-state index contributed by atoms with van der Waals surface area (Å²) < 4.78 is 17.6. The Balaban J connectivity index is 1.74. The van der Waals surface area contributed by atoms with E-state index < -0.39 is 23.5 Å². The molecule has 0 aliphatic heterocycles. The lowest BCUT2D eigenvalue weighted by Crippen LogP contribution is -2.46. The number of carbonyl (C=O) groups is 3. The first-order chi connectivity index (χ1) is 10.6. The fourth-order valence-electron chi connectivity index (χ4n) is 1.50. The van der Waals surface area contributed by atoms with Crippen LogP contribution in [0.5, 0.6) is 0 Å². The zero-order valence-corrected chi connectivity index (χ0v) is 11.3. The van der Waals surface area contributed by atoms with Crippen LogP contribution < -0.4 is 16.2 Å². The number of hydrogen-bond donors (Lipinski definition) is 3. The van der Waals surface area contributed by atoms with Crippen LogP contribution >= 0.6 is 0 Å². The van der Waals surface area contributed by atoms with Gasteiger partial charge in [0.2, 0.25) is 0 Å². The fraction of sp³-hybridized carbons (Fsp3) is 0.0714. The van der Waals surface area contributed by atoms with Gasteiger partial charge in [-0.1, -0.05) is 0 Å². The number of furan rings is 1. The van der Waals surface area contributed by atoms with Crippen molar-refractivity contribution in [3.63, 3.8) is 0 Å². The molecule has 0 spiro atoms. The molecule has 0 saturated carbocycles. The summed E-state index contributed by atoms with van der Waals surface area (Å²) in [6, 6.07) is 7.78. The molecule has 0 saturated heterocycles. The quantitative estimate of drug-likeness (QED) is 0.720. The molecule has 0 aliphatic carbocycles. The van der Waals surface area contributed by atoms with E-state index in [4.69, 9.17) is 4.42 Å². The van der Waals surface area contributed by atoms with E-state index in [2.05, 4.69) is 16.2 Å². The van der Waals surface area contributed by atoms with Crippen LogP contribution in [0.2, 0.25) is 0 Å². The van der Waals surface area contributed by atoms with Crippen LogP contribution in [0.3, 0.4) is 0 Å². The molecule has 1 heterocycles. The number of nitrogens with one attached hydrogen (secondary N) is 3. The van der Waals surface area contributed by atoms with Crippen molar-refractivity contribution in [1.82, 2.24) is 16.2 Å². The first-order valence-corrected chi connectivity index (χ1v) is 6.22. The van der Waals surface area contributed by atoms with Crippen molar-refractivity contribution in [2.75, 3.05) is 6.54 Å². The number of benzene rings is 1. The van der Waals surface area contributed by atoms with Gasteiger partial charge in [-0.05, 0) is 36.4 Å². The molecule has 2 aromatic rings. The van der Waals surface area contributed by atoms with Crippen LogP contribution in [-0.2, 0) is 4.79 Å². The molecule has 1 aromatic carbocycles. The average Bonchev–Trinajstić information content (AvgIpc) is 3.05. The van der Waals surface area contributed by atoms with Gasteiger partial charge in [-0.3, -0.25) is 25.2 Å². The minimum atomic E-state index is -0.629. The highest BCUT2D eigenvalue weighted by atomic mass is 19.1. The Bertz CT molecular complexity index is 668. The van der Waals surface area contributed by atoms with Gasteiger partial charge in [-0.2, -0.15) is 0 Å². The van der Waals surface area contributed by atoms with E-state index in [1.54, 1.807) is 0 Å². The van der Waals surface area contributed by atoms with Crippen LogP contribution in [0.1, 0.15) is 20.9 Å². The lowest BCUT2D eigenvalue weighted by molar-refractivity contribution is -0.120. The van der Waals surface area contributed by atoms with Crippen molar-refractivity contribution in [3.8, 4) is 0 Å². The standard InChI is InChI=1S/C14H12FN3O4/c15-10-5-3-9(4-6-10)13(20)18-17-12(19)8-16-14(21)11-2-1-7-22-11/h1-7H,8H2,(H,16,21)(H,17,19)(H,18,20). The van der Waals surface area contributed by atoms with E-state index in [-0.39, 0.29) is 17.9 Å². The summed E-state index contributed by atoms with van der Waals surface area (Å²) >= 11 is 0. The largest absolute Gasteiger partial charge is 0.459 e. The number of hydrogen-bond acceptors (Lipinski definition) is 4. The molecule has 3 amide bonds. The second-order valence-corrected chi connectivity index (χ2v) is 4.17. The van der Waals surface area contributed by atoms with Crippen LogP contribution in [0, 0.1) is 5.82 Å². The zero-order valence-electron chi connectivity index (χ0n) is 11.3. The van der Waals surface area contributed by atoms with Crippen molar-refractivity contribution >= 4 is 17.7 Å². The summed E-state index contributed by atoms with van der Waals surface area (Å²) in [5, 5.41) is 2.31. The molecule has 2 rings (SSSR count). The molecule has 0 aliphatic rings. The maximum Gasteiger partial charge on any atom is 0.287 e. The lowest BCUT2D eigenvalue weighted by Gasteiger charge is -2.07. The summed E-state index contributed by atoms with van der Waals surface area (Å²) in [5.41, 5.74) is 4.44. The SMILES string of the molecule is O=C(CNC(=O)c1ccco1)NNC(=O)c1ccc(F)cc1. The minimum absolute atomic E-state index is 0.0724. The molecule has 114 valence electrons. The van der Waals surface area contributed by atoms with E-state index >= 15 is 0 Å². The van der Waals surface area contributed by atoms with E-state index in [1.165, 1.54) is 30.5 Å². The molecule has 0 fully saturated rings. The minimum Gasteiger partial charge on any atom is -0.459 e. The second kappa shape index (κ2) is 7.02. The number of carbonyl (C=O) groups excluding carboxylic acids is 3. The maximum atomic E-state index is 12.7. The van der Waals surface area contributed by atoms with Gasteiger partial charge < -0.3 is 9.73 Å². The smallest absolute Gasteiger partial charge is 0.287 e. The van der Waals surface area contributed by atoms with Crippen LogP contribution in [0.25, 0.3) is 0 Å². The van der Waals surface area contributed by atoms with Crippen molar-refractivity contribution in [2.45, 2.75) is 0 Å².